The van der Waals surface area contributed by atoms with E-state index in [1.165, 1.54) is 24.5 Å². The highest BCUT2D eigenvalue weighted by molar-refractivity contribution is 6.01. The second-order valence-electron chi connectivity index (χ2n) is 8.42. The number of halogens is 4. The molecule has 1 aromatic carbocycles. The zero-order valence-corrected chi connectivity index (χ0v) is 18.1. The van der Waals surface area contributed by atoms with Crippen LogP contribution >= 0.6 is 0 Å². The van der Waals surface area contributed by atoms with Crippen molar-refractivity contribution in [2.45, 2.75) is 43.6 Å². The van der Waals surface area contributed by atoms with Gasteiger partial charge in [-0.1, -0.05) is 6.07 Å². The van der Waals surface area contributed by atoms with Gasteiger partial charge in [-0.2, -0.15) is 13.2 Å². The molecule has 4 heterocycles. The number of nitrogens with zero attached hydrogens (tertiary/aromatic N) is 6. The average Bonchev–Trinajstić information content (AvgIpc) is 3.41. The van der Waals surface area contributed by atoms with Crippen molar-refractivity contribution in [1.29, 1.82) is 0 Å². The van der Waals surface area contributed by atoms with Crippen LogP contribution < -0.4 is 4.90 Å². The summed E-state index contributed by atoms with van der Waals surface area (Å²) < 4.78 is 53.3. The van der Waals surface area contributed by atoms with E-state index in [4.69, 9.17) is 0 Å². The van der Waals surface area contributed by atoms with Gasteiger partial charge in [0.1, 0.15) is 11.6 Å². The predicted octanol–water partition coefficient (Wildman–Crippen LogP) is 3.97. The minimum absolute atomic E-state index is 0.0536. The van der Waals surface area contributed by atoms with Crippen molar-refractivity contribution < 1.29 is 22.4 Å². The summed E-state index contributed by atoms with van der Waals surface area (Å²) in [4.78, 5) is 32.8. The summed E-state index contributed by atoms with van der Waals surface area (Å²) in [5.41, 5.74) is -0.824. The zero-order valence-electron chi connectivity index (χ0n) is 18.1. The Morgan fingerprint density at radius 1 is 1.06 bits per heavy atom. The van der Waals surface area contributed by atoms with Gasteiger partial charge in [-0.3, -0.25) is 4.79 Å². The third-order valence-corrected chi connectivity index (χ3v) is 6.56. The van der Waals surface area contributed by atoms with Gasteiger partial charge in [-0.05, 0) is 37.5 Å². The lowest BCUT2D eigenvalue weighted by atomic mass is 9.94. The first-order chi connectivity index (χ1) is 16.3. The van der Waals surface area contributed by atoms with Crippen molar-refractivity contribution in [2.75, 3.05) is 11.9 Å². The second kappa shape index (κ2) is 8.30. The summed E-state index contributed by atoms with van der Waals surface area (Å²) >= 11 is 0. The summed E-state index contributed by atoms with van der Waals surface area (Å²) in [6.45, 7) is 0. The van der Waals surface area contributed by atoms with Gasteiger partial charge < -0.3 is 9.80 Å². The third-order valence-electron chi connectivity index (χ3n) is 6.56. The van der Waals surface area contributed by atoms with E-state index in [2.05, 4.69) is 19.9 Å². The Balaban J connectivity index is 1.42. The largest absolute Gasteiger partial charge is 0.434 e. The van der Waals surface area contributed by atoms with E-state index < -0.39 is 17.7 Å². The number of anilines is 1. The molecule has 0 aliphatic carbocycles. The molecule has 1 amide bonds. The number of amides is 1. The molecule has 0 N–H and O–H groups in total. The van der Waals surface area contributed by atoms with Gasteiger partial charge in [0.15, 0.2) is 11.5 Å². The molecule has 2 bridgehead atoms. The Morgan fingerprint density at radius 3 is 2.50 bits per heavy atom. The number of carbonyl (C=O) groups is 1. The van der Waals surface area contributed by atoms with Crippen LogP contribution in [0.4, 0.5) is 23.4 Å². The topological polar surface area (TPSA) is 75.1 Å². The molecule has 3 unspecified atom stereocenters. The Morgan fingerprint density at radius 2 is 1.82 bits per heavy atom. The number of carbonyl (C=O) groups excluding carboxylic acids is 1. The van der Waals surface area contributed by atoms with Crippen molar-refractivity contribution in [3.8, 4) is 11.4 Å². The zero-order chi connectivity index (χ0) is 24.0. The van der Waals surface area contributed by atoms with Crippen LogP contribution in [0.2, 0.25) is 0 Å². The lowest BCUT2D eigenvalue weighted by Crippen LogP contribution is -2.44. The molecule has 5 rings (SSSR count). The van der Waals surface area contributed by atoms with Crippen LogP contribution in [0.5, 0.6) is 0 Å². The molecule has 2 saturated heterocycles. The van der Waals surface area contributed by atoms with E-state index in [0.29, 0.717) is 18.4 Å². The number of alkyl halides is 3. The Hall–Kier alpha value is -3.63. The fourth-order valence-electron chi connectivity index (χ4n) is 5.01. The van der Waals surface area contributed by atoms with Crippen LogP contribution in [0.1, 0.15) is 35.3 Å². The number of hydrogen-bond donors (Lipinski definition) is 0. The summed E-state index contributed by atoms with van der Waals surface area (Å²) in [6.07, 6.45) is 2.36. The van der Waals surface area contributed by atoms with Crippen LogP contribution in [0.15, 0.2) is 49.1 Å². The van der Waals surface area contributed by atoms with Crippen molar-refractivity contribution in [3.63, 3.8) is 0 Å². The maximum absolute atomic E-state index is 14.8. The Kier molecular flexibility index (Phi) is 5.41. The fourth-order valence-corrected chi connectivity index (χ4v) is 5.01. The molecule has 7 nitrogen and oxygen atoms in total. The molecule has 2 aliphatic rings. The number of likely N-dealkylation sites (N-methyl/N-ethyl adjacent to an activating group) is 1. The minimum atomic E-state index is -4.56. The summed E-state index contributed by atoms with van der Waals surface area (Å²) in [6, 6.07) is 5.50. The van der Waals surface area contributed by atoms with Gasteiger partial charge in [0.05, 0.1) is 35.6 Å². The third kappa shape index (κ3) is 3.74. The van der Waals surface area contributed by atoms with Gasteiger partial charge in [0, 0.05) is 25.5 Å². The van der Waals surface area contributed by atoms with Gasteiger partial charge >= 0.3 is 6.18 Å². The second-order valence-corrected chi connectivity index (χ2v) is 8.42. The fraction of sp³-hybridized carbons (Fsp3) is 0.348. The van der Waals surface area contributed by atoms with Crippen LogP contribution in [0.3, 0.4) is 0 Å². The number of fused-ring (bicyclic) bond motifs is 2. The van der Waals surface area contributed by atoms with Crippen molar-refractivity contribution in [1.82, 2.24) is 24.8 Å². The van der Waals surface area contributed by atoms with Crippen molar-refractivity contribution in [2.24, 2.45) is 0 Å². The van der Waals surface area contributed by atoms with Crippen LogP contribution in [0, 0.1) is 5.82 Å². The Labute approximate surface area is 192 Å². The quantitative estimate of drug-likeness (QED) is 0.535. The highest BCUT2D eigenvalue weighted by Gasteiger charge is 2.50. The molecule has 34 heavy (non-hydrogen) atoms. The molecule has 3 aromatic rings. The molecular weight excluding hydrogens is 452 g/mol. The van der Waals surface area contributed by atoms with E-state index in [9.17, 15) is 22.4 Å². The number of rotatable bonds is 4. The van der Waals surface area contributed by atoms with Crippen LogP contribution in [-0.4, -0.2) is 55.9 Å². The number of hydrogen-bond acceptors (Lipinski definition) is 6. The predicted molar refractivity (Wildman–Crippen MR) is 114 cm³/mol. The molecular formula is C23H20F4N6O. The summed E-state index contributed by atoms with van der Waals surface area (Å²) in [7, 11) is 1.73. The first-order valence-corrected chi connectivity index (χ1v) is 10.8. The van der Waals surface area contributed by atoms with E-state index >= 15 is 0 Å². The van der Waals surface area contributed by atoms with Crippen LogP contribution in [0.25, 0.3) is 11.4 Å². The lowest BCUT2D eigenvalue weighted by molar-refractivity contribution is -0.141. The maximum atomic E-state index is 14.8. The van der Waals surface area contributed by atoms with Gasteiger partial charge in [0.2, 0.25) is 0 Å². The molecule has 0 saturated carbocycles. The van der Waals surface area contributed by atoms with Crippen molar-refractivity contribution in [3.05, 3.63) is 66.1 Å². The normalized spacial score (nSPS) is 21.7. The highest BCUT2D eigenvalue weighted by Crippen LogP contribution is 2.42. The number of aromatic nitrogens is 4. The van der Waals surface area contributed by atoms with E-state index in [0.717, 1.165) is 19.0 Å². The van der Waals surface area contributed by atoms with E-state index in [1.54, 1.807) is 29.0 Å². The van der Waals surface area contributed by atoms with Gasteiger partial charge in [-0.15, -0.1) is 0 Å². The lowest BCUT2D eigenvalue weighted by Gasteiger charge is -2.32. The average molecular weight is 472 g/mol. The highest BCUT2D eigenvalue weighted by atomic mass is 19.4. The standard InChI is InChI=1S/C23H20F4N6O/c1-32(19-12-30-18(11-31-19)23(25,26)27)17-10-13-6-7-16(17)33(13)22(34)14-4-2-5-15(24)20(14)21-28-8-3-9-29-21/h2-5,8-9,11-13,16-17H,6-7,10H2,1H3. The molecule has 176 valence electrons. The van der Waals surface area contributed by atoms with Crippen molar-refractivity contribution >= 4 is 11.7 Å². The molecule has 0 spiro atoms. The van der Waals surface area contributed by atoms with Gasteiger partial charge in [0.25, 0.3) is 5.91 Å². The minimum Gasteiger partial charge on any atom is -0.353 e. The van der Waals surface area contributed by atoms with Gasteiger partial charge in [-0.25, -0.2) is 24.3 Å². The van der Waals surface area contributed by atoms with E-state index in [1.807, 2.05) is 0 Å². The van der Waals surface area contributed by atoms with E-state index in [-0.39, 0.29) is 41.0 Å². The molecule has 0 radical (unpaired) electrons. The first-order valence-electron chi connectivity index (χ1n) is 10.8. The monoisotopic (exact) mass is 472 g/mol. The molecule has 2 aromatic heterocycles. The molecule has 2 fully saturated rings. The summed E-state index contributed by atoms with van der Waals surface area (Å²) in [5, 5.41) is 0. The molecule has 3 atom stereocenters. The smallest absolute Gasteiger partial charge is 0.353 e. The maximum Gasteiger partial charge on any atom is 0.434 e. The first kappa shape index (κ1) is 22.2. The molecule has 2 aliphatic heterocycles. The van der Waals surface area contributed by atoms with Crippen LogP contribution in [-0.2, 0) is 6.18 Å². The Bertz CT molecular complexity index is 1200. The molecule has 11 heteroatoms. The number of benzene rings is 1. The summed E-state index contributed by atoms with van der Waals surface area (Å²) in [5.74, 6) is -0.479. The SMILES string of the molecule is CN(c1cnc(C(F)(F)F)cn1)C1CC2CCC1N2C(=O)c1cccc(F)c1-c1ncccn1.